The van der Waals surface area contributed by atoms with Crippen molar-refractivity contribution in [3.05, 3.63) is 0 Å². The summed E-state index contributed by atoms with van der Waals surface area (Å²) in [5, 5.41) is 11.6. The summed E-state index contributed by atoms with van der Waals surface area (Å²) in [6.07, 6.45) is 4.36. The average molecular weight is 208 g/mol. The minimum absolute atomic E-state index is 0.0981. The van der Waals surface area contributed by atoms with Crippen LogP contribution in [0.25, 0.3) is 0 Å². The molecule has 15 heavy (non-hydrogen) atoms. The van der Waals surface area contributed by atoms with Crippen LogP contribution in [0.1, 0.15) is 39.5 Å². The molecule has 1 aliphatic carbocycles. The molecule has 1 rings (SSSR count). The zero-order valence-corrected chi connectivity index (χ0v) is 9.62. The standard InChI is InChI=1S/C12H20N2O/c1-3-10(7-13)12(15)14-8-11-6-4-5-9(11)2/h9-11H,3-6,8H2,1-2H3,(H,14,15). The molecule has 1 aliphatic rings. The van der Waals surface area contributed by atoms with Gasteiger partial charge in [-0.15, -0.1) is 0 Å². The lowest BCUT2D eigenvalue weighted by Gasteiger charge is -2.16. The van der Waals surface area contributed by atoms with Crippen LogP contribution in [0.2, 0.25) is 0 Å². The first-order chi connectivity index (χ1) is 7.19. The van der Waals surface area contributed by atoms with Gasteiger partial charge in [0.1, 0.15) is 5.92 Å². The summed E-state index contributed by atoms with van der Waals surface area (Å²) in [5.74, 6) is 0.762. The molecule has 3 nitrogen and oxygen atoms in total. The molecular weight excluding hydrogens is 188 g/mol. The van der Waals surface area contributed by atoms with Crippen molar-refractivity contribution in [2.75, 3.05) is 6.54 Å². The van der Waals surface area contributed by atoms with E-state index in [-0.39, 0.29) is 5.91 Å². The lowest BCUT2D eigenvalue weighted by Crippen LogP contribution is -2.34. The van der Waals surface area contributed by atoms with Crippen molar-refractivity contribution >= 4 is 5.91 Å². The molecule has 3 heteroatoms. The van der Waals surface area contributed by atoms with Gasteiger partial charge in [-0.1, -0.05) is 26.7 Å². The van der Waals surface area contributed by atoms with Gasteiger partial charge in [-0.3, -0.25) is 4.79 Å². The van der Waals surface area contributed by atoms with Crippen LogP contribution in [0.4, 0.5) is 0 Å². The van der Waals surface area contributed by atoms with Crippen molar-refractivity contribution in [1.29, 1.82) is 5.26 Å². The van der Waals surface area contributed by atoms with Gasteiger partial charge in [0.25, 0.3) is 0 Å². The van der Waals surface area contributed by atoms with Crippen molar-refractivity contribution in [3.63, 3.8) is 0 Å². The Labute approximate surface area is 91.9 Å². The first-order valence-corrected chi connectivity index (χ1v) is 5.86. The summed E-state index contributed by atoms with van der Waals surface area (Å²) >= 11 is 0. The molecule has 0 radical (unpaired) electrons. The maximum atomic E-state index is 11.5. The second-order valence-electron chi connectivity index (χ2n) is 4.50. The van der Waals surface area contributed by atoms with E-state index in [1.807, 2.05) is 13.0 Å². The van der Waals surface area contributed by atoms with E-state index in [2.05, 4.69) is 12.2 Å². The van der Waals surface area contributed by atoms with Gasteiger partial charge < -0.3 is 5.32 Å². The molecule has 3 atom stereocenters. The SMILES string of the molecule is CCC(C#N)C(=O)NCC1CCCC1C. The molecule has 1 N–H and O–H groups in total. The lowest BCUT2D eigenvalue weighted by atomic mass is 9.98. The molecule has 1 amide bonds. The Kier molecular flexibility index (Phi) is 4.61. The van der Waals surface area contributed by atoms with Crippen LogP contribution in [-0.2, 0) is 4.79 Å². The summed E-state index contributed by atoms with van der Waals surface area (Å²) in [7, 11) is 0. The van der Waals surface area contributed by atoms with Crippen molar-refractivity contribution in [3.8, 4) is 6.07 Å². The molecule has 0 bridgehead atoms. The molecular formula is C12H20N2O. The highest BCUT2D eigenvalue weighted by Gasteiger charge is 2.24. The molecule has 0 spiro atoms. The van der Waals surface area contributed by atoms with Gasteiger partial charge in [-0.25, -0.2) is 0 Å². The predicted octanol–water partition coefficient (Wildman–Crippen LogP) is 2.09. The Hall–Kier alpha value is -1.04. The summed E-state index contributed by atoms with van der Waals surface area (Å²) in [5.41, 5.74) is 0. The average Bonchev–Trinajstić information content (AvgIpc) is 2.63. The molecule has 1 saturated carbocycles. The first kappa shape index (κ1) is 12.0. The second-order valence-corrected chi connectivity index (χ2v) is 4.50. The largest absolute Gasteiger partial charge is 0.355 e. The van der Waals surface area contributed by atoms with Crippen molar-refractivity contribution in [2.45, 2.75) is 39.5 Å². The van der Waals surface area contributed by atoms with E-state index >= 15 is 0 Å². The van der Waals surface area contributed by atoms with Gasteiger partial charge in [0.05, 0.1) is 6.07 Å². The summed E-state index contributed by atoms with van der Waals surface area (Å²) in [6.45, 7) is 4.86. The molecule has 0 aromatic heterocycles. The predicted molar refractivity (Wildman–Crippen MR) is 58.9 cm³/mol. The maximum absolute atomic E-state index is 11.5. The molecule has 0 saturated heterocycles. The number of rotatable bonds is 4. The molecule has 0 aliphatic heterocycles. The highest BCUT2D eigenvalue weighted by molar-refractivity contribution is 5.80. The third-order valence-corrected chi connectivity index (χ3v) is 3.46. The van der Waals surface area contributed by atoms with Crippen LogP contribution < -0.4 is 5.32 Å². The van der Waals surface area contributed by atoms with Crippen molar-refractivity contribution < 1.29 is 4.79 Å². The zero-order valence-electron chi connectivity index (χ0n) is 9.62. The van der Waals surface area contributed by atoms with Crippen LogP contribution >= 0.6 is 0 Å². The van der Waals surface area contributed by atoms with Crippen LogP contribution in [-0.4, -0.2) is 12.5 Å². The highest BCUT2D eigenvalue weighted by atomic mass is 16.1. The normalized spacial score (nSPS) is 27.0. The van der Waals surface area contributed by atoms with Crippen molar-refractivity contribution in [1.82, 2.24) is 5.32 Å². The van der Waals surface area contributed by atoms with Crippen LogP contribution in [0, 0.1) is 29.1 Å². The van der Waals surface area contributed by atoms with E-state index in [1.54, 1.807) is 0 Å². The molecule has 1 fully saturated rings. The molecule has 84 valence electrons. The third-order valence-electron chi connectivity index (χ3n) is 3.46. The van der Waals surface area contributed by atoms with E-state index in [0.29, 0.717) is 18.3 Å². The van der Waals surface area contributed by atoms with E-state index < -0.39 is 5.92 Å². The fourth-order valence-corrected chi connectivity index (χ4v) is 2.22. The molecule has 0 aromatic rings. The van der Waals surface area contributed by atoms with Gasteiger partial charge in [0.15, 0.2) is 0 Å². The third kappa shape index (κ3) is 3.23. The van der Waals surface area contributed by atoms with Gasteiger partial charge in [0.2, 0.25) is 5.91 Å². The Balaban J connectivity index is 2.30. The van der Waals surface area contributed by atoms with Crippen LogP contribution in [0.15, 0.2) is 0 Å². The number of hydrogen-bond donors (Lipinski definition) is 1. The number of nitrogens with zero attached hydrogens (tertiary/aromatic N) is 1. The van der Waals surface area contributed by atoms with E-state index in [1.165, 1.54) is 19.3 Å². The smallest absolute Gasteiger partial charge is 0.237 e. The minimum atomic E-state index is -0.471. The minimum Gasteiger partial charge on any atom is -0.355 e. The second kappa shape index (κ2) is 5.75. The molecule has 0 aromatic carbocycles. The number of hydrogen-bond acceptors (Lipinski definition) is 2. The number of nitriles is 1. The fraction of sp³-hybridized carbons (Fsp3) is 0.833. The first-order valence-electron chi connectivity index (χ1n) is 5.86. The van der Waals surface area contributed by atoms with E-state index in [9.17, 15) is 4.79 Å². The molecule has 0 heterocycles. The highest BCUT2D eigenvalue weighted by Crippen LogP contribution is 2.30. The van der Waals surface area contributed by atoms with Gasteiger partial charge in [-0.05, 0) is 24.7 Å². The number of carbonyl (C=O) groups excluding carboxylic acids is 1. The van der Waals surface area contributed by atoms with Gasteiger partial charge in [-0.2, -0.15) is 5.26 Å². The number of amides is 1. The fourth-order valence-electron chi connectivity index (χ4n) is 2.22. The van der Waals surface area contributed by atoms with Crippen LogP contribution in [0.5, 0.6) is 0 Å². The van der Waals surface area contributed by atoms with E-state index in [0.717, 1.165) is 6.54 Å². The summed E-state index contributed by atoms with van der Waals surface area (Å²) in [4.78, 5) is 11.5. The Bertz CT molecular complexity index is 257. The topological polar surface area (TPSA) is 52.9 Å². The molecule has 3 unspecified atom stereocenters. The number of nitrogens with one attached hydrogen (secondary N) is 1. The number of carbonyl (C=O) groups is 1. The quantitative estimate of drug-likeness (QED) is 0.769. The van der Waals surface area contributed by atoms with Gasteiger partial charge in [0, 0.05) is 6.54 Å². The Morgan fingerprint density at radius 2 is 2.33 bits per heavy atom. The summed E-state index contributed by atoms with van der Waals surface area (Å²) < 4.78 is 0. The van der Waals surface area contributed by atoms with Crippen LogP contribution in [0.3, 0.4) is 0 Å². The summed E-state index contributed by atoms with van der Waals surface area (Å²) in [6, 6.07) is 2.03. The Morgan fingerprint density at radius 1 is 1.60 bits per heavy atom. The maximum Gasteiger partial charge on any atom is 0.237 e. The van der Waals surface area contributed by atoms with E-state index in [4.69, 9.17) is 5.26 Å². The Morgan fingerprint density at radius 3 is 2.80 bits per heavy atom. The van der Waals surface area contributed by atoms with Gasteiger partial charge >= 0.3 is 0 Å². The monoisotopic (exact) mass is 208 g/mol. The lowest BCUT2D eigenvalue weighted by molar-refractivity contribution is -0.123. The van der Waals surface area contributed by atoms with Crippen molar-refractivity contribution in [2.24, 2.45) is 17.8 Å². The zero-order chi connectivity index (χ0) is 11.3.